The molecule has 26 heavy (non-hydrogen) atoms. The van der Waals surface area contributed by atoms with Gasteiger partial charge in [-0.1, -0.05) is 0 Å². The van der Waals surface area contributed by atoms with Gasteiger partial charge in [0.25, 0.3) is 5.91 Å². The summed E-state index contributed by atoms with van der Waals surface area (Å²) in [5.41, 5.74) is 3.28. The van der Waals surface area contributed by atoms with Crippen LogP contribution in [0.2, 0.25) is 0 Å². The van der Waals surface area contributed by atoms with E-state index in [0.29, 0.717) is 29.6 Å². The van der Waals surface area contributed by atoms with Gasteiger partial charge >= 0.3 is 0 Å². The minimum absolute atomic E-state index is 0.0511. The lowest BCUT2D eigenvalue weighted by Gasteiger charge is -2.32. The minimum Gasteiger partial charge on any atom is -0.493 e. The number of hydrogen-bond donors (Lipinski definition) is 1. The molecule has 1 aliphatic rings. The molecule has 0 bridgehead atoms. The zero-order chi connectivity index (χ0) is 18.4. The number of nitrogens with one attached hydrogen (secondary N) is 1. The summed E-state index contributed by atoms with van der Waals surface area (Å²) in [4.78, 5) is 19.0. The van der Waals surface area contributed by atoms with Crippen molar-refractivity contribution in [3.8, 4) is 11.5 Å². The Morgan fingerprint density at radius 1 is 1.42 bits per heavy atom. The van der Waals surface area contributed by atoms with Crippen LogP contribution in [-0.2, 0) is 6.61 Å². The van der Waals surface area contributed by atoms with Crippen molar-refractivity contribution in [1.82, 2.24) is 15.2 Å². The minimum atomic E-state index is 0.0511. The van der Waals surface area contributed by atoms with Crippen molar-refractivity contribution in [3.05, 3.63) is 40.3 Å². The summed E-state index contributed by atoms with van der Waals surface area (Å²) in [6, 6.07) is 5.37. The maximum Gasteiger partial charge on any atom is 0.254 e. The number of thiazole rings is 1. The molecule has 1 fully saturated rings. The highest BCUT2D eigenvalue weighted by molar-refractivity contribution is 7.07. The van der Waals surface area contributed by atoms with Crippen LogP contribution in [0.5, 0.6) is 11.5 Å². The van der Waals surface area contributed by atoms with Crippen LogP contribution >= 0.6 is 11.3 Å². The molecule has 2 heterocycles. The van der Waals surface area contributed by atoms with Crippen LogP contribution in [0.3, 0.4) is 0 Å². The van der Waals surface area contributed by atoms with E-state index < -0.39 is 0 Å². The first-order chi connectivity index (χ1) is 12.7. The number of amides is 1. The molecule has 3 rings (SSSR count). The first kappa shape index (κ1) is 18.7. The third-order valence-corrected chi connectivity index (χ3v) is 5.20. The number of benzene rings is 1. The number of nitrogens with zero attached hydrogens (tertiary/aromatic N) is 2. The Hall–Kier alpha value is -2.12. The van der Waals surface area contributed by atoms with E-state index in [1.807, 2.05) is 23.4 Å². The third-order valence-electron chi connectivity index (χ3n) is 4.57. The molecule has 0 aliphatic carbocycles. The molecule has 1 aromatic carbocycles. The van der Waals surface area contributed by atoms with E-state index in [0.717, 1.165) is 38.2 Å². The summed E-state index contributed by atoms with van der Waals surface area (Å²) >= 11 is 1.53. The van der Waals surface area contributed by atoms with Gasteiger partial charge in [0, 0.05) is 24.0 Å². The van der Waals surface area contributed by atoms with Gasteiger partial charge in [0.1, 0.15) is 6.61 Å². The van der Waals surface area contributed by atoms with Crippen LogP contribution < -0.4 is 14.8 Å². The van der Waals surface area contributed by atoms with Gasteiger partial charge in [0.15, 0.2) is 11.5 Å². The molecule has 2 aromatic rings. The molecule has 0 spiro atoms. The molecular weight excluding hydrogens is 350 g/mol. The molecule has 7 heteroatoms. The van der Waals surface area contributed by atoms with E-state index in [9.17, 15) is 4.79 Å². The number of likely N-dealkylation sites (tertiary alicyclic amines) is 1. The molecule has 140 valence electrons. The maximum atomic E-state index is 12.9. The first-order valence-corrected chi connectivity index (χ1v) is 9.77. The summed E-state index contributed by atoms with van der Waals surface area (Å²) < 4.78 is 11.2. The normalized spacial score (nSPS) is 17.2. The molecule has 1 aromatic heterocycles. The number of carbonyl (C=O) groups excluding carboxylic acids is 1. The van der Waals surface area contributed by atoms with Gasteiger partial charge in [-0.05, 0) is 50.6 Å². The Balaban J connectivity index is 1.68. The van der Waals surface area contributed by atoms with Crippen LogP contribution in [0.25, 0.3) is 0 Å². The Labute approximate surface area is 158 Å². The van der Waals surface area contributed by atoms with Crippen molar-refractivity contribution in [2.24, 2.45) is 5.92 Å². The molecule has 6 nitrogen and oxygen atoms in total. The van der Waals surface area contributed by atoms with E-state index in [1.165, 1.54) is 11.3 Å². The molecule has 0 radical (unpaired) electrons. The average Bonchev–Trinajstić information content (AvgIpc) is 3.20. The van der Waals surface area contributed by atoms with Crippen LogP contribution in [0, 0.1) is 5.92 Å². The number of ether oxygens (including phenoxy) is 2. The predicted octanol–water partition coefficient (Wildman–Crippen LogP) is 2.80. The molecular formula is C19H25N3O3S. The van der Waals surface area contributed by atoms with Gasteiger partial charge in [-0.3, -0.25) is 4.79 Å². The second-order valence-electron chi connectivity index (χ2n) is 6.45. The van der Waals surface area contributed by atoms with Crippen molar-refractivity contribution in [3.63, 3.8) is 0 Å². The van der Waals surface area contributed by atoms with Gasteiger partial charge in [0.05, 0.1) is 18.3 Å². The average molecular weight is 375 g/mol. The second-order valence-corrected chi connectivity index (χ2v) is 7.17. The van der Waals surface area contributed by atoms with Gasteiger partial charge in [-0.2, -0.15) is 0 Å². The summed E-state index contributed by atoms with van der Waals surface area (Å²) in [5.74, 6) is 1.74. The second kappa shape index (κ2) is 9.00. The van der Waals surface area contributed by atoms with E-state index in [-0.39, 0.29) is 5.91 Å². The monoisotopic (exact) mass is 375 g/mol. The van der Waals surface area contributed by atoms with Crippen molar-refractivity contribution in [2.75, 3.05) is 33.8 Å². The number of hydrogen-bond acceptors (Lipinski definition) is 6. The Morgan fingerprint density at radius 3 is 3.04 bits per heavy atom. The van der Waals surface area contributed by atoms with Crippen LogP contribution in [0.1, 0.15) is 28.9 Å². The molecule has 1 aliphatic heterocycles. The highest BCUT2D eigenvalue weighted by Gasteiger charge is 2.24. The lowest BCUT2D eigenvalue weighted by molar-refractivity contribution is 0.0674. The highest BCUT2D eigenvalue weighted by atomic mass is 32.1. The van der Waals surface area contributed by atoms with E-state index in [2.05, 4.69) is 10.3 Å². The molecule has 0 saturated carbocycles. The fourth-order valence-corrected chi connectivity index (χ4v) is 3.81. The van der Waals surface area contributed by atoms with E-state index in [1.54, 1.807) is 24.8 Å². The zero-order valence-electron chi connectivity index (χ0n) is 15.2. The quantitative estimate of drug-likeness (QED) is 0.806. The van der Waals surface area contributed by atoms with Crippen molar-refractivity contribution < 1.29 is 14.3 Å². The molecule has 1 N–H and O–H groups in total. The van der Waals surface area contributed by atoms with E-state index >= 15 is 0 Å². The van der Waals surface area contributed by atoms with Crippen LogP contribution in [0.15, 0.2) is 29.1 Å². The molecule has 1 atom stereocenters. The molecule has 1 unspecified atom stereocenters. The Bertz CT molecular complexity index is 719. The lowest BCUT2D eigenvalue weighted by Crippen LogP contribution is -2.42. The third kappa shape index (κ3) is 4.53. The molecule has 1 amide bonds. The fraction of sp³-hybridized carbons (Fsp3) is 0.474. The van der Waals surface area contributed by atoms with Crippen LogP contribution in [0.4, 0.5) is 0 Å². The fourth-order valence-electron chi connectivity index (χ4n) is 3.27. The van der Waals surface area contributed by atoms with Crippen molar-refractivity contribution in [2.45, 2.75) is 19.4 Å². The van der Waals surface area contributed by atoms with Gasteiger partial charge in [-0.15, -0.1) is 11.3 Å². The van der Waals surface area contributed by atoms with E-state index in [4.69, 9.17) is 9.47 Å². The topological polar surface area (TPSA) is 63.7 Å². The smallest absolute Gasteiger partial charge is 0.254 e. The maximum absolute atomic E-state index is 12.9. The Morgan fingerprint density at radius 2 is 2.31 bits per heavy atom. The van der Waals surface area contributed by atoms with Crippen LogP contribution in [-0.4, -0.2) is 49.6 Å². The largest absolute Gasteiger partial charge is 0.493 e. The predicted molar refractivity (Wildman–Crippen MR) is 102 cm³/mol. The number of rotatable bonds is 7. The summed E-state index contributed by atoms with van der Waals surface area (Å²) in [6.45, 7) is 2.93. The number of piperidine rings is 1. The highest BCUT2D eigenvalue weighted by Crippen LogP contribution is 2.30. The van der Waals surface area contributed by atoms with Crippen molar-refractivity contribution >= 4 is 17.2 Å². The zero-order valence-corrected chi connectivity index (χ0v) is 16.1. The Kier molecular flexibility index (Phi) is 6.46. The van der Waals surface area contributed by atoms with Gasteiger partial charge in [0.2, 0.25) is 0 Å². The number of methoxy groups -OCH3 is 1. The SMILES string of the molecule is CNCC1CCCN(C(=O)c2ccc(OCc3cscn3)c(OC)c2)C1. The van der Waals surface area contributed by atoms with Gasteiger partial charge < -0.3 is 19.7 Å². The first-order valence-electron chi connectivity index (χ1n) is 8.83. The summed E-state index contributed by atoms with van der Waals surface area (Å²) in [6.07, 6.45) is 2.21. The van der Waals surface area contributed by atoms with Crippen molar-refractivity contribution in [1.29, 1.82) is 0 Å². The number of aromatic nitrogens is 1. The summed E-state index contributed by atoms with van der Waals surface area (Å²) in [5, 5.41) is 5.16. The lowest BCUT2D eigenvalue weighted by atomic mass is 9.97. The summed E-state index contributed by atoms with van der Waals surface area (Å²) in [7, 11) is 3.54. The van der Waals surface area contributed by atoms with Gasteiger partial charge in [-0.25, -0.2) is 4.98 Å². The standard InChI is InChI=1S/C19H25N3O3S/c1-20-9-14-4-3-7-22(10-14)19(23)15-5-6-17(18(8-15)24-2)25-11-16-12-26-13-21-16/h5-6,8,12-14,20H,3-4,7,9-11H2,1-2H3. The number of carbonyl (C=O) groups is 1. The molecule has 1 saturated heterocycles.